The molecule has 0 radical (unpaired) electrons. The number of aromatic nitrogens is 3. The molecule has 11 heteroatoms. The van der Waals surface area contributed by atoms with Crippen LogP contribution in [-0.4, -0.2) is 38.5 Å². The average Bonchev–Trinajstić information content (AvgIpc) is 2.67. The standard InChI is InChI=1S/C18H12F3N5O3/c19-18(20,21)29-12-5-3-4-11(8-12)9-24-26-17(28)13-10-23-15(25-16(13)27)14-6-1-2-7-22-14/h1-10H,(H,26,28)(H,23,25,27). The summed E-state index contributed by atoms with van der Waals surface area (Å²) in [6, 6.07) is 10.1. The van der Waals surface area contributed by atoms with Crippen molar-refractivity contribution in [2.24, 2.45) is 5.10 Å². The van der Waals surface area contributed by atoms with E-state index in [2.05, 4.69) is 30.2 Å². The predicted molar refractivity (Wildman–Crippen MR) is 95.1 cm³/mol. The molecule has 0 aliphatic carbocycles. The highest BCUT2D eigenvalue weighted by Crippen LogP contribution is 2.23. The largest absolute Gasteiger partial charge is 0.573 e. The Hall–Kier alpha value is -4.02. The molecule has 2 N–H and O–H groups in total. The number of alkyl halides is 3. The fourth-order valence-corrected chi connectivity index (χ4v) is 2.17. The number of nitrogens with zero attached hydrogens (tertiary/aromatic N) is 4. The van der Waals surface area contributed by atoms with Crippen molar-refractivity contribution in [2.45, 2.75) is 6.36 Å². The van der Waals surface area contributed by atoms with Gasteiger partial charge in [-0.05, 0) is 29.8 Å². The molecule has 2 aromatic heterocycles. The number of carbonyl (C=O) groups excluding carboxylic acids is 1. The summed E-state index contributed by atoms with van der Waals surface area (Å²) in [6.45, 7) is 0. The summed E-state index contributed by atoms with van der Waals surface area (Å²) < 4.78 is 40.5. The van der Waals surface area contributed by atoms with Crippen LogP contribution < -0.4 is 10.2 Å². The lowest BCUT2D eigenvalue weighted by molar-refractivity contribution is -0.274. The van der Waals surface area contributed by atoms with Crippen molar-refractivity contribution >= 4 is 12.1 Å². The second-order valence-electron chi connectivity index (χ2n) is 5.47. The maximum absolute atomic E-state index is 12.2. The fraction of sp³-hybridized carbons (Fsp3) is 0.0556. The highest BCUT2D eigenvalue weighted by molar-refractivity contribution is 5.96. The fourth-order valence-electron chi connectivity index (χ4n) is 2.17. The Morgan fingerprint density at radius 3 is 2.69 bits per heavy atom. The van der Waals surface area contributed by atoms with E-state index in [1.165, 1.54) is 18.3 Å². The third-order valence-electron chi connectivity index (χ3n) is 3.38. The van der Waals surface area contributed by atoms with Crippen LogP contribution in [0.15, 0.2) is 60.0 Å². The van der Waals surface area contributed by atoms with Crippen LogP contribution >= 0.6 is 0 Å². The third-order valence-corrected chi connectivity index (χ3v) is 3.38. The van der Waals surface area contributed by atoms with E-state index >= 15 is 0 Å². The van der Waals surface area contributed by atoms with Gasteiger partial charge in [-0.25, -0.2) is 10.4 Å². The lowest BCUT2D eigenvalue weighted by Gasteiger charge is -2.08. The minimum Gasteiger partial charge on any atom is -0.493 e. The number of pyridine rings is 1. The van der Waals surface area contributed by atoms with Gasteiger partial charge < -0.3 is 9.84 Å². The minimum absolute atomic E-state index is 0.129. The van der Waals surface area contributed by atoms with Crippen LogP contribution in [0, 0.1) is 0 Å². The van der Waals surface area contributed by atoms with Crippen molar-refractivity contribution in [1.82, 2.24) is 20.4 Å². The highest BCUT2D eigenvalue weighted by atomic mass is 19.4. The number of halogens is 3. The van der Waals surface area contributed by atoms with Crippen LogP contribution in [0.2, 0.25) is 0 Å². The number of ether oxygens (including phenoxy) is 1. The third kappa shape index (κ3) is 5.48. The van der Waals surface area contributed by atoms with Crippen LogP contribution in [0.3, 0.4) is 0 Å². The molecule has 148 valence electrons. The molecular formula is C18H12F3N5O3. The van der Waals surface area contributed by atoms with Crippen molar-refractivity contribution in [3.63, 3.8) is 0 Å². The molecule has 1 amide bonds. The maximum atomic E-state index is 12.2. The highest BCUT2D eigenvalue weighted by Gasteiger charge is 2.31. The van der Waals surface area contributed by atoms with E-state index in [0.717, 1.165) is 24.5 Å². The topological polar surface area (TPSA) is 110 Å². The zero-order chi connectivity index (χ0) is 20.9. The van der Waals surface area contributed by atoms with E-state index < -0.39 is 23.9 Å². The molecule has 0 atom stereocenters. The summed E-state index contributed by atoms with van der Waals surface area (Å²) in [6.07, 6.45) is -1.07. The van der Waals surface area contributed by atoms with Crippen molar-refractivity contribution in [2.75, 3.05) is 0 Å². The quantitative estimate of drug-likeness (QED) is 0.501. The van der Waals surface area contributed by atoms with Gasteiger partial charge in [0.1, 0.15) is 17.0 Å². The Balaban J connectivity index is 1.67. The molecule has 0 aliphatic heterocycles. The Bertz CT molecular complexity index is 1040. The van der Waals surface area contributed by atoms with Gasteiger partial charge in [-0.3, -0.25) is 9.78 Å². The zero-order valence-corrected chi connectivity index (χ0v) is 14.5. The summed E-state index contributed by atoms with van der Waals surface area (Å²) in [5, 5.41) is 13.6. The second-order valence-corrected chi connectivity index (χ2v) is 5.47. The van der Waals surface area contributed by atoms with Gasteiger partial charge in [0.2, 0.25) is 5.88 Å². The lowest BCUT2D eigenvalue weighted by Crippen LogP contribution is -2.18. The van der Waals surface area contributed by atoms with Gasteiger partial charge >= 0.3 is 6.36 Å². The molecule has 0 unspecified atom stereocenters. The molecule has 0 bridgehead atoms. The molecule has 0 spiro atoms. The average molecular weight is 403 g/mol. The van der Waals surface area contributed by atoms with Gasteiger partial charge in [0, 0.05) is 12.4 Å². The molecule has 0 saturated carbocycles. The number of rotatable bonds is 5. The maximum Gasteiger partial charge on any atom is 0.573 e. The second kappa shape index (κ2) is 8.33. The van der Waals surface area contributed by atoms with Crippen molar-refractivity contribution in [3.05, 3.63) is 66.0 Å². The first kappa shape index (κ1) is 19.7. The molecule has 2 heterocycles. The zero-order valence-electron chi connectivity index (χ0n) is 14.5. The van der Waals surface area contributed by atoms with E-state index in [1.807, 2.05) is 0 Å². The van der Waals surface area contributed by atoms with Crippen molar-refractivity contribution in [3.8, 4) is 23.1 Å². The van der Waals surface area contributed by atoms with Crippen LogP contribution in [0.5, 0.6) is 11.6 Å². The number of aromatic hydroxyl groups is 1. The van der Waals surface area contributed by atoms with Crippen LogP contribution in [-0.2, 0) is 0 Å². The normalized spacial score (nSPS) is 11.4. The molecule has 0 aliphatic rings. The summed E-state index contributed by atoms with van der Waals surface area (Å²) in [5.74, 6) is -1.68. The smallest absolute Gasteiger partial charge is 0.493 e. The molecular weight excluding hydrogens is 391 g/mol. The molecule has 3 rings (SSSR count). The molecule has 3 aromatic rings. The Kier molecular flexibility index (Phi) is 5.67. The SMILES string of the molecule is O=C(NN=Cc1cccc(OC(F)(F)F)c1)c1cnc(-c2ccccn2)nc1O. The number of nitrogens with one attached hydrogen (secondary N) is 1. The van der Waals surface area contributed by atoms with E-state index in [1.54, 1.807) is 18.2 Å². The summed E-state index contributed by atoms with van der Waals surface area (Å²) in [5.41, 5.74) is 2.55. The van der Waals surface area contributed by atoms with Crippen LogP contribution in [0.4, 0.5) is 13.2 Å². The Morgan fingerprint density at radius 2 is 2.00 bits per heavy atom. The van der Waals surface area contributed by atoms with Crippen molar-refractivity contribution in [1.29, 1.82) is 0 Å². The molecule has 8 nitrogen and oxygen atoms in total. The van der Waals surface area contributed by atoms with Gasteiger partial charge in [0.25, 0.3) is 5.91 Å². The number of benzene rings is 1. The van der Waals surface area contributed by atoms with E-state index in [9.17, 15) is 23.1 Å². The first-order valence-corrected chi connectivity index (χ1v) is 7.98. The summed E-state index contributed by atoms with van der Waals surface area (Å²) in [7, 11) is 0. The molecule has 1 aromatic carbocycles. The van der Waals surface area contributed by atoms with E-state index in [0.29, 0.717) is 5.69 Å². The number of hydrogen-bond donors (Lipinski definition) is 2. The molecule has 29 heavy (non-hydrogen) atoms. The first-order valence-electron chi connectivity index (χ1n) is 7.98. The predicted octanol–water partition coefficient (Wildman–Crippen LogP) is 2.91. The van der Waals surface area contributed by atoms with Gasteiger partial charge in [0.15, 0.2) is 5.82 Å². The Morgan fingerprint density at radius 1 is 1.17 bits per heavy atom. The van der Waals surface area contributed by atoms with Crippen LogP contribution in [0.25, 0.3) is 11.5 Å². The van der Waals surface area contributed by atoms with Gasteiger partial charge in [-0.2, -0.15) is 10.1 Å². The van der Waals surface area contributed by atoms with Gasteiger partial charge in [-0.15, -0.1) is 13.2 Å². The van der Waals surface area contributed by atoms with E-state index in [-0.39, 0.29) is 17.0 Å². The molecule has 0 fully saturated rings. The number of amides is 1. The van der Waals surface area contributed by atoms with Crippen molar-refractivity contribution < 1.29 is 27.8 Å². The van der Waals surface area contributed by atoms with Gasteiger partial charge in [0.05, 0.1) is 6.21 Å². The lowest BCUT2D eigenvalue weighted by atomic mass is 10.2. The first-order chi connectivity index (χ1) is 13.8. The monoisotopic (exact) mass is 403 g/mol. The summed E-state index contributed by atoms with van der Waals surface area (Å²) >= 11 is 0. The van der Waals surface area contributed by atoms with Gasteiger partial charge in [-0.1, -0.05) is 18.2 Å². The number of hydrogen-bond acceptors (Lipinski definition) is 7. The minimum atomic E-state index is -4.82. The number of carbonyl (C=O) groups is 1. The van der Waals surface area contributed by atoms with E-state index in [4.69, 9.17) is 0 Å². The number of hydrazone groups is 1. The Labute approximate surface area is 161 Å². The van der Waals surface area contributed by atoms with Crippen LogP contribution in [0.1, 0.15) is 15.9 Å². The molecule has 0 saturated heterocycles. The summed E-state index contributed by atoms with van der Waals surface area (Å²) in [4.78, 5) is 23.9.